The Hall–Kier alpha value is -3.35. The Labute approximate surface area is 182 Å². The van der Waals surface area contributed by atoms with Crippen molar-refractivity contribution >= 4 is 29.2 Å². The molecule has 31 heavy (non-hydrogen) atoms. The van der Waals surface area contributed by atoms with Gasteiger partial charge in [0.05, 0.1) is 0 Å². The number of esters is 1. The van der Waals surface area contributed by atoms with Crippen molar-refractivity contribution in [1.82, 2.24) is 0 Å². The Morgan fingerprint density at radius 3 is 2.39 bits per heavy atom. The first-order chi connectivity index (χ1) is 14.7. The van der Waals surface area contributed by atoms with E-state index in [0.717, 1.165) is 17.7 Å². The van der Waals surface area contributed by atoms with Gasteiger partial charge in [-0.1, -0.05) is 39.0 Å². The van der Waals surface area contributed by atoms with E-state index in [9.17, 15) is 14.4 Å². The average molecular weight is 424 g/mol. The van der Waals surface area contributed by atoms with Gasteiger partial charge in [0.15, 0.2) is 13.2 Å². The van der Waals surface area contributed by atoms with E-state index >= 15 is 0 Å². The molecular weight excluding hydrogens is 396 g/mol. The highest BCUT2D eigenvalue weighted by atomic mass is 16.6. The van der Waals surface area contributed by atoms with E-state index < -0.39 is 18.5 Å². The van der Waals surface area contributed by atoms with Gasteiger partial charge in [-0.15, -0.1) is 0 Å². The van der Waals surface area contributed by atoms with Crippen molar-refractivity contribution in [3.63, 3.8) is 0 Å². The van der Waals surface area contributed by atoms with Crippen molar-refractivity contribution in [3.05, 3.63) is 54.1 Å². The van der Waals surface area contributed by atoms with Crippen LogP contribution < -0.4 is 15.0 Å². The number of rotatable bonds is 7. The Morgan fingerprint density at radius 2 is 1.74 bits per heavy atom. The minimum absolute atomic E-state index is 0.107. The summed E-state index contributed by atoms with van der Waals surface area (Å²) < 4.78 is 10.6. The summed E-state index contributed by atoms with van der Waals surface area (Å²) in [5, 5.41) is 2.67. The molecule has 1 aliphatic heterocycles. The third-order valence-electron chi connectivity index (χ3n) is 4.94. The van der Waals surface area contributed by atoms with E-state index in [2.05, 4.69) is 26.1 Å². The lowest BCUT2D eigenvalue weighted by molar-refractivity contribution is -0.149. The number of para-hydroxylation sites is 1. The SMILES string of the molecule is CC(C)(C)c1ccccc1OCC(=O)OCC(=O)Nc1ccc(N2CCCC2=O)cc1. The maximum atomic E-state index is 12.1. The second-order valence-corrected chi connectivity index (χ2v) is 8.44. The van der Waals surface area contributed by atoms with Gasteiger partial charge in [0.1, 0.15) is 5.75 Å². The van der Waals surface area contributed by atoms with Crippen molar-refractivity contribution in [2.24, 2.45) is 0 Å². The number of hydrogen-bond donors (Lipinski definition) is 1. The Bertz CT molecular complexity index is 947. The molecule has 1 aliphatic rings. The molecule has 1 N–H and O–H groups in total. The topological polar surface area (TPSA) is 84.9 Å². The number of benzene rings is 2. The van der Waals surface area contributed by atoms with Gasteiger partial charge >= 0.3 is 5.97 Å². The number of nitrogens with zero attached hydrogens (tertiary/aromatic N) is 1. The molecule has 2 amide bonds. The number of carbonyl (C=O) groups is 3. The maximum Gasteiger partial charge on any atom is 0.344 e. The standard InChI is InChI=1S/C24H28N2O5/c1-24(2,3)19-7-4-5-8-20(19)30-16-23(29)31-15-21(27)25-17-10-12-18(13-11-17)26-14-6-9-22(26)28/h4-5,7-8,10-13H,6,9,14-16H2,1-3H3,(H,25,27). The minimum atomic E-state index is -0.623. The molecule has 0 bridgehead atoms. The van der Waals surface area contributed by atoms with E-state index in [4.69, 9.17) is 9.47 Å². The van der Waals surface area contributed by atoms with Crippen molar-refractivity contribution in [1.29, 1.82) is 0 Å². The second-order valence-electron chi connectivity index (χ2n) is 8.44. The van der Waals surface area contributed by atoms with Crippen LogP contribution in [0.25, 0.3) is 0 Å². The molecule has 0 saturated carbocycles. The van der Waals surface area contributed by atoms with Crippen LogP contribution in [0.1, 0.15) is 39.2 Å². The van der Waals surface area contributed by atoms with E-state index in [-0.39, 0.29) is 17.9 Å². The summed E-state index contributed by atoms with van der Waals surface area (Å²) in [4.78, 5) is 37.6. The van der Waals surface area contributed by atoms with Crippen LogP contribution in [0.5, 0.6) is 5.75 Å². The normalized spacial score (nSPS) is 13.8. The van der Waals surface area contributed by atoms with Crippen molar-refractivity contribution in [2.45, 2.75) is 39.0 Å². The first-order valence-electron chi connectivity index (χ1n) is 10.3. The number of anilines is 2. The molecule has 1 fully saturated rings. The molecule has 0 aromatic heterocycles. The largest absolute Gasteiger partial charge is 0.482 e. The van der Waals surface area contributed by atoms with E-state index in [0.29, 0.717) is 24.4 Å². The van der Waals surface area contributed by atoms with Gasteiger partial charge < -0.3 is 19.7 Å². The molecule has 7 heteroatoms. The molecule has 2 aromatic rings. The molecule has 0 atom stereocenters. The van der Waals surface area contributed by atoms with E-state index in [1.807, 2.05) is 18.2 Å². The second kappa shape index (κ2) is 9.64. The van der Waals surface area contributed by atoms with Gasteiger partial charge in [-0.2, -0.15) is 0 Å². The van der Waals surface area contributed by atoms with Crippen LogP contribution in [-0.4, -0.2) is 37.5 Å². The first-order valence-corrected chi connectivity index (χ1v) is 10.3. The van der Waals surface area contributed by atoms with Crippen LogP contribution >= 0.6 is 0 Å². The third-order valence-corrected chi connectivity index (χ3v) is 4.94. The molecule has 164 valence electrons. The fourth-order valence-corrected chi connectivity index (χ4v) is 3.38. The molecule has 1 heterocycles. The molecule has 1 saturated heterocycles. The van der Waals surface area contributed by atoms with E-state index in [1.165, 1.54) is 0 Å². The monoisotopic (exact) mass is 424 g/mol. The summed E-state index contributed by atoms with van der Waals surface area (Å²) in [6, 6.07) is 14.5. The summed E-state index contributed by atoms with van der Waals surface area (Å²) >= 11 is 0. The summed E-state index contributed by atoms with van der Waals surface area (Å²) in [5.74, 6) is -0.348. The molecular formula is C24H28N2O5. The van der Waals surface area contributed by atoms with Crippen molar-refractivity contribution < 1.29 is 23.9 Å². The van der Waals surface area contributed by atoms with Crippen LogP contribution in [0.3, 0.4) is 0 Å². The summed E-state index contributed by atoms with van der Waals surface area (Å²) in [6.45, 7) is 6.21. The number of hydrogen-bond acceptors (Lipinski definition) is 5. The summed E-state index contributed by atoms with van der Waals surface area (Å²) in [6.07, 6.45) is 1.42. The molecule has 3 rings (SSSR count). The Balaban J connectivity index is 1.45. The third kappa shape index (κ3) is 6.07. The van der Waals surface area contributed by atoms with Gasteiger partial charge in [0, 0.05) is 24.3 Å². The van der Waals surface area contributed by atoms with Crippen LogP contribution in [0.2, 0.25) is 0 Å². The van der Waals surface area contributed by atoms with Gasteiger partial charge in [-0.05, 0) is 47.7 Å². The lowest BCUT2D eigenvalue weighted by Crippen LogP contribution is -2.25. The van der Waals surface area contributed by atoms with Gasteiger partial charge in [0.2, 0.25) is 5.91 Å². The highest BCUT2D eigenvalue weighted by molar-refractivity contribution is 5.96. The fourth-order valence-electron chi connectivity index (χ4n) is 3.38. The summed E-state index contributed by atoms with van der Waals surface area (Å²) in [7, 11) is 0. The number of amides is 2. The van der Waals surface area contributed by atoms with Crippen molar-refractivity contribution in [3.8, 4) is 5.75 Å². The number of nitrogens with one attached hydrogen (secondary N) is 1. The predicted octanol–water partition coefficient (Wildman–Crippen LogP) is 3.67. The van der Waals surface area contributed by atoms with Gasteiger partial charge in [-0.3, -0.25) is 9.59 Å². The lowest BCUT2D eigenvalue weighted by atomic mass is 9.86. The van der Waals surface area contributed by atoms with Crippen LogP contribution in [0.15, 0.2) is 48.5 Å². The van der Waals surface area contributed by atoms with Crippen molar-refractivity contribution in [2.75, 3.05) is 30.0 Å². The maximum absolute atomic E-state index is 12.1. The first kappa shape index (κ1) is 22.3. The minimum Gasteiger partial charge on any atom is -0.482 e. The number of ether oxygens (including phenoxy) is 2. The molecule has 2 aromatic carbocycles. The Morgan fingerprint density at radius 1 is 1.03 bits per heavy atom. The molecule has 0 radical (unpaired) electrons. The van der Waals surface area contributed by atoms with E-state index in [1.54, 1.807) is 35.2 Å². The molecule has 0 unspecified atom stereocenters. The zero-order chi connectivity index (χ0) is 22.4. The van der Waals surface area contributed by atoms with Crippen LogP contribution in [0, 0.1) is 0 Å². The Kier molecular flexibility index (Phi) is 6.95. The molecule has 0 aliphatic carbocycles. The summed E-state index contributed by atoms with van der Waals surface area (Å²) in [5.41, 5.74) is 2.23. The zero-order valence-corrected chi connectivity index (χ0v) is 18.1. The van der Waals surface area contributed by atoms with Gasteiger partial charge in [0.25, 0.3) is 5.91 Å². The average Bonchev–Trinajstić information content (AvgIpc) is 3.16. The fraction of sp³-hybridized carbons (Fsp3) is 0.375. The highest BCUT2D eigenvalue weighted by Gasteiger charge is 2.22. The zero-order valence-electron chi connectivity index (χ0n) is 18.1. The molecule has 0 spiro atoms. The smallest absolute Gasteiger partial charge is 0.344 e. The van der Waals surface area contributed by atoms with Gasteiger partial charge in [-0.25, -0.2) is 4.79 Å². The quantitative estimate of drug-likeness (QED) is 0.686. The van der Waals surface area contributed by atoms with Crippen LogP contribution in [0.4, 0.5) is 11.4 Å². The molecule has 7 nitrogen and oxygen atoms in total. The highest BCUT2D eigenvalue weighted by Crippen LogP contribution is 2.30. The lowest BCUT2D eigenvalue weighted by Gasteiger charge is -2.22. The predicted molar refractivity (Wildman–Crippen MR) is 118 cm³/mol. The van der Waals surface area contributed by atoms with Crippen LogP contribution in [-0.2, 0) is 24.5 Å². The number of carbonyl (C=O) groups excluding carboxylic acids is 3.